The zero-order chi connectivity index (χ0) is 18.3. The van der Waals surface area contributed by atoms with E-state index in [0.29, 0.717) is 0 Å². The summed E-state index contributed by atoms with van der Waals surface area (Å²) in [7, 11) is 2.93. The standard InChI is InChI=1S/C15H17NO8/c1-22-10(17)8-15(21,14(20)24-3)11(13(19)23-2)12(18)9-6-4-5-7-16-9/h4-7,11,21H,8H2,1-3H3. The van der Waals surface area contributed by atoms with E-state index in [-0.39, 0.29) is 5.69 Å². The molecule has 2 unspecified atom stereocenters. The number of carbonyl (C=O) groups excluding carboxylic acids is 4. The Bertz CT molecular complexity index is 630. The Morgan fingerprint density at radius 3 is 2.25 bits per heavy atom. The molecule has 0 saturated heterocycles. The van der Waals surface area contributed by atoms with Gasteiger partial charge < -0.3 is 19.3 Å². The lowest BCUT2D eigenvalue weighted by atomic mass is 9.80. The van der Waals surface area contributed by atoms with Crippen LogP contribution in [0.2, 0.25) is 0 Å². The SMILES string of the molecule is COC(=O)CC(O)(C(=O)OC)C(C(=O)OC)C(=O)c1ccccn1. The minimum Gasteiger partial charge on any atom is -0.469 e. The molecule has 0 aliphatic heterocycles. The summed E-state index contributed by atoms with van der Waals surface area (Å²) in [6.45, 7) is 0. The van der Waals surface area contributed by atoms with E-state index in [0.717, 1.165) is 21.3 Å². The molecule has 1 aromatic heterocycles. The van der Waals surface area contributed by atoms with Crippen molar-refractivity contribution in [1.82, 2.24) is 4.98 Å². The van der Waals surface area contributed by atoms with Gasteiger partial charge in [0.05, 0.1) is 27.8 Å². The highest BCUT2D eigenvalue weighted by atomic mass is 16.6. The summed E-state index contributed by atoms with van der Waals surface area (Å²) >= 11 is 0. The van der Waals surface area contributed by atoms with Gasteiger partial charge in [0, 0.05) is 6.20 Å². The summed E-state index contributed by atoms with van der Waals surface area (Å²) in [5.41, 5.74) is -3.00. The van der Waals surface area contributed by atoms with E-state index in [2.05, 4.69) is 19.2 Å². The number of esters is 3. The maximum Gasteiger partial charge on any atom is 0.339 e. The fraction of sp³-hybridized carbons (Fsp3) is 0.400. The van der Waals surface area contributed by atoms with Crippen molar-refractivity contribution in [3.8, 4) is 0 Å². The summed E-state index contributed by atoms with van der Waals surface area (Å²) in [6, 6.07) is 4.30. The number of ketones is 1. The average molecular weight is 339 g/mol. The second-order valence-electron chi connectivity index (χ2n) is 4.70. The minimum absolute atomic E-state index is 0.194. The molecule has 0 saturated carbocycles. The molecule has 0 fully saturated rings. The molecule has 24 heavy (non-hydrogen) atoms. The van der Waals surface area contributed by atoms with Crippen molar-refractivity contribution in [2.75, 3.05) is 21.3 Å². The van der Waals surface area contributed by atoms with Crippen LogP contribution in [0.15, 0.2) is 24.4 Å². The third kappa shape index (κ3) is 3.93. The Morgan fingerprint density at radius 1 is 1.12 bits per heavy atom. The molecule has 0 radical (unpaired) electrons. The highest BCUT2D eigenvalue weighted by Crippen LogP contribution is 2.28. The molecule has 1 N–H and O–H groups in total. The quantitative estimate of drug-likeness (QED) is 0.303. The van der Waals surface area contributed by atoms with Gasteiger partial charge in [0.25, 0.3) is 0 Å². The van der Waals surface area contributed by atoms with Crippen molar-refractivity contribution in [1.29, 1.82) is 0 Å². The number of carbonyl (C=O) groups is 4. The van der Waals surface area contributed by atoms with Gasteiger partial charge in [-0.15, -0.1) is 0 Å². The maximum atomic E-state index is 12.6. The van der Waals surface area contributed by atoms with Crippen molar-refractivity contribution in [3.05, 3.63) is 30.1 Å². The number of aromatic nitrogens is 1. The highest BCUT2D eigenvalue weighted by molar-refractivity contribution is 6.12. The summed E-state index contributed by atoms with van der Waals surface area (Å²) in [4.78, 5) is 52.0. The van der Waals surface area contributed by atoms with Gasteiger partial charge in [-0.3, -0.25) is 19.4 Å². The Morgan fingerprint density at radius 2 is 1.79 bits per heavy atom. The Labute approximate surface area is 137 Å². The average Bonchev–Trinajstić information content (AvgIpc) is 2.61. The van der Waals surface area contributed by atoms with Crippen LogP contribution in [-0.4, -0.2) is 60.7 Å². The van der Waals surface area contributed by atoms with Gasteiger partial charge in [-0.05, 0) is 12.1 Å². The molecular formula is C15H17NO8. The Kier molecular flexibility index (Phi) is 6.54. The lowest BCUT2D eigenvalue weighted by Gasteiger charge is -2.29. The van der Waals surface area contributed by atoms with Gasteiger partial charge >= 0.3 is 17.9 Å². The molecule has 0 aliphatic carbocycles. The molecule has 0 aliphatic rings. The number of methoxy groups -OCH3 is 3. The van der Waals surface area contributed by atoms with E-state index >= 15 is 0 Å². The number of Topliss-reactive ketones (excluding diaryl/α,β-unsaturated/α-hetero) is 1. The topological polar surface area (TPSA) is 129 Å². The van der Waals surface area contributed by atoms with E-state index in [9.17, 15) is 24.3 Å². The Balaban J connectivity index is 3.42. The van der Waals surface area contributed by atoms with Crippen LogP contribution in [0.5, 0.6) is 0 Å². The van der Waals surface area contributed by atoms with Gasteiger partial charge in [-0.1, -0.05) is 6.07 Å². The first-order valence-corrected chi connectivity index (χ1v) is 6.72. The van der Waals surface area contributed by atoms with E-state index in [4.69, 9.17) is 0 Å². The van der Waals surface area contributed by atoms with Gasteiger partial charge in [0.15, 0.2) is 17.3 Å². The number of pyridine rings is 1. The van der Waals surface area contributed by atoms with Crippen LogP contribution in [-0.2, 0) is 28.6 Å². The molecule has 0 spiro atoms. The van der Waals surface area contributed by atoms with Crippen molar-refractivity contribution in [2.45, 2.75) is 12.0 Å². The first-order chi connectivity index (χ1) is 11.3. The maximum absolute atomic E-state index is 12.6. The molecule has 2 atom stereocenters. The van der Waals surface area contributed by atoms with Crippen LogP contribution in [0.1, 0.15) is 16.9 Å². The number of nitrogens with zero attached hydrogens (tertiary/aromatic N) is 1. The van der Waals surface area contributed by atoms with Gasteiger partial charge in [0.1, 0.15) is 5.69 Å². The van der Waals surface area contributed by atoms with E-state index < -0.39 is 41.6 Å². The molecule has 1 aromatic rings. The van der Waals surface area contributed by atoms with E-state index in [1.165, 1.54) is 24.4 Å². The molecule has 0 bridgehead atoms. The summed E-state index contributed by atoms with van der Waals surface area (Å²) < 4.78 is 13.4. The van der Waals surface area contributed by atoms with Crippen molar-refractivity contribution >= 4 is 23.7 Å². The normalized spacial score (nSPS) is 14.0. The fourth-order valence-corrected chi connectivity index (χ4v) is 2.05. The minimum atomic E-state index is -2.80. The first kappa shape index (κ1) is 19.2. The van der Waals surface area contributed by atoms with E-state index in [1.54, 1.807) is 0 Å². The number of ether oxygens (including phenoxy) is 3. The lowest BCUT2D eigenvalue weighted by molar-refractivity contribution is -0.179. The number of hydrogen-bond acceptors (Lipinski definition) is 9. The monoisotopic (exact) mass is 339 g/mol. The lowest BCUT2D eigenvalue weighted by Crippen LogP contribution is -2.55. The molecule has 130 valence electrons. The highest BCUT2D eigenvalue weighted by Gasteiger charge is 2.55. The smallest absolute Gasteiger partial charge is 0.339 e. The first-order valence-electron chi connectivity index (χ1n) is 6.72. The van der Waals surface area contributed by atoms with Crippen LogP contribution < -0.4 is 0 Å². The van der Waals surface area contributed by atoms with Gasteiger partial charge in [-0.25, -0.2) is 4.79 Å². The molecule has 0 aromatic carbocycles. The molecule has 9 heteroatoms. The largest absolute Gasteiger partial charge is 0.469 e. The van der Waals surface area contributed by atoms with Crippen LogP contribution in [0.25, 0.3) is 0 Å². The zero-order valence-corrected chi connectivity index (χ0v) is 13.3. The fourth-order valence-electron chi connectivity index (χ4n) is 2.05. The molecule has 0 amide bonds. The summed E-state index contributed by atoms with van der Waals surface area (Å²) in [5, 5.41) is 10.6. The predicted molar refractivity (Wildman–Crippen MR) is 77.7 cm³/mol. The van der Waals surface area contributed by atoms with Gasteiger partial charge in [0.2, 0.25) is 0 Å². The number of rotatable bonds is 7. The van der Waals surface area contributed by atoms with Crippen LogP contribution >= 0.6 is 0 Å². The van der Waals surface area contributed by atoms with Crippen LogP contribution in [0.4, 0.5) is 0 Å². The third-order valence-corrected chi connectivity index (χ3v) is 3.27. The van der Waals surface area contributed by atoms with Crippen LogP contribution in [0.3, 0.4) is 0 Å². The number of aliphatic hydroxyl groups is 1. The summed E-state index contributed by atoms with van der Waals surface area (Å²) in [6.07, 6.45) is 0.313. The predicted octanol–water partition coefficient (Wildman–Crippen LogP) is -0.479. The zero-order valence-electron chi connectivity index (χ0n) is 13.3. The second kappa shape index (κ2) is 8.16. The molecule has 1 heterocycles. The summed E-state index contributed by atoms with van der Waals surface area (Å²) in [5.74, 6) is -6.65. The molecule has 9 nitrogen and oxygen atoms in total. The van der Waals surface area contributed by atoms with Gasteiger partial charge in [-0.2, -0.15) is 0 Å². The Hall–Kier alpha value is -2.81. The third-order valence-electron chi connectivity index (χ3n) is 3.27. The van der Waals surface area contributed by atoms with E-state index in [1.807, 2.05) is 0 Å². The molecule has 1 rings (SSSR count). The van der Waals surface area contributed by atoms with Crippen LogP contribution in [0, 0.1) is 5.92 Å². The second-order valence-corrected chi connectivity index (χ2v) is 4.70. The van der Waals surface area contributed by atoms with Crippen molar-refractivity contribution in [3.63, 3.8) is 0 Å². The van der Waals surface area contributed by atoms with Crippen molar-refractivity contribution in [2.24, 2.45) is 5.92 Å². The number of hydrogen-bond donors (Lipinski definition) is 1. The molecular weight excluding hydrogens is 322 g/mol. The van der Waals surface area contributed by atoms with Crippen molar-refractivity contribution < 1.29 is 38.5 Å².